The standard InChI is InChI=1S/C47H45N5/c1-5-47(28-32(3)24-31(2)25-33(4)29-47)46-50-44(36-16-10-7-11-17-36)49-45(51-46)40-26-34(30-48)20-22-43(40)52-41-19-13-12-18-38(41)39-27-37(21-23-42(39)52)35-14-8-6-9-15-35/h6-23,26-27,31-33H,5,24-25,28-29H2,1-4H3/t31?,32-,33-,47?/m1/s1. The monoisotopic (exact) mass is 679 g/mol. The lowest BCUT2D eigenvalue weighted by molar-refractivity contribution is 0.177. The van der Waals surface area contributed by atoms with Crippen molar-refractivity contribution >= 4 is 21.8 Å². The van der Waals surface area contributed by atoms with Gasteiger partial charge in [0.1, 0.15) is 5.82 Å². The van der Waals surface area contributed by atoms with E-state index in [-0.39, 0.29) is 5.41 Å². The molecule has 0 spiro atoms. The van der Waals surface area contributed by atoms with Gasteiger partial charge in [0.15, 0.2) is 11.6 Å². The van der Waals surface area contributed by atoms with E-state index in [2.05, 4.69) is 129 Å². The highest BCUT2D eigenvalue weighted by Crippen LogP contribution is 2.45. The van der Waals surface area contributed by atoms with E-state index >= 15 is 0 Å². The highest BCUT2D eigenvalue weighted by molar-refractivity contribution is 6.11. The van der Waals surface area contributed by atoms with E-state index in [4.69, 9.17) is 15.0 Å². The number of para-hydroxylation sites is 1. The van der Waals surface area contributed by atoms with Gasteiger partial charge in [-0.25, -0.2) is 15.0 Å². The molecule has 5 aromatic carbocycles. The highest BCUT2D eigenvalue weighted by Gasteiger charge is 2.39. The molecule has 5 nitrogen and oxygen atoms in total. The third-order valence-corrected chi connectivity index (χ3v) is 11.3. The predicted octanol–water partition coefficient (Wildman–Crippen LogP) is 12.0. The molecule has 1 saturated carbocycles. The minimum Gasteiger partial charge on any atom is -0.308 e. The number of rotatable bonds is 6. The Kier molecular flexibility index (Phi) is 8.93. The Bertz CT molecular complexity index is 2410. The number of fused-ring (bicyclic) bond motifs is 3. The number of hydrogen-bond acceptors (Lipinski definition) is 4. The van der Waals surface area contributed by atoms with Crippen LogP contribution in [0.15, 0.2) is 121 Å². The first-order chi connectivity index (χ1) is 25.4. The van der Waals surface area contributed by atoms with Gasteiger partial charge in [-0.05, 0) is 97.4 Å². The van der Waals surface area contributed by atoms with Gasteiger partial charge in [0.05, 0.1) is 28.4 Å². The summed E-state index contributed by atoms with van der Waals surface area (Å²) < 4.78 is 2.32. The fraction of sp³-hybridized carbons (Fsp3) is 0.277. The first kappa shape index (κ1) is 33.5. The van der Waals surface area contributed by atoms with Crippen LogP contribution < -0.4 is 0 Å². The van der Waals surface area contributed by atoms with Crippen molar-refractivity contribution in [2.45, 2.75) is 65.2 Å². The van der Waals surface area contributed by atoms with Crippen molar-refractivity contribution in [1.29, 1.82) is 5.26 Å². The van der Waals surface area contributed by atoms with Crippen molar-refractivity contribution in [3.63, 3.8) is 0 Å². The lowest BCUT2D eigenvalue weighted by Crippen LogP contribution is -2.35. The quantitative estimate of drug-likeness (QED) is 0.175. The van der Waals surface area contributed by atoms with E-state index in [9.17, 15) is 5.26 Å². The smallest absolute Gasteiger partial charge is 0.165 e. The molecule has 258 valence electrons. The lowest BCUT2D eigenvalue weighted by atomic mass is 9.66. The molecule has 1 fully saturated rings. The third-order valence-electron chi connectivity index (χ3n) is 11.3. The minimum absolute atomic E-state index is 0.187. The summed E-state index contributed by atoms with van der Waals surface area (Å²) in [5.74, 6) is 3.96. The second kappa shape index (κ2) is 13.8. The van der Waals surface area contributed by atoms with Gasteiger partial charge in [-0.1, -0.05) is 113 Å². The molecular formula is C47H45N5. The number of benzene rings is 5. The van der Waals surface area contributed by atoms with Crippen molar-refractivity contribution < 1.29 is 0 Å². The topological polar surface area (TPSA) is 67.4 Å². The van der Waals surface area contributed by atoms with Crippen LogP contribution in [-0.4, -0.2) is 19.5 Å². The molecule has 0 radical (unpaired) electrons. The summed E-state index contributed by atoms with van der Waals surface area (Å²) in [6.07, 6.45) is 5.46. The molecule has 1 aliphatic carbocycles. The van der Waals surface area contributed by atoms with Gasteiger partial charge in [-0.3, -0.25) is 0 Å². The summed E-state index contributed by atoms with van der Waals surface area (Å²) >= 11 is 0. The van der Waals surface area contributed by atoms with E-state index in [0.717, 1.165) is 52.9 Å². The summed E-state index contributed by atoms with van der Waals surface area (Å²) in [5, 5.41) is 12.6. The van der Waals surface area contributed by atoms with Crippen LogP contribution in [0, 0.1) is 29.1 Å². The predicted molar refractivity (Wildman–Crippen MR) is 213 cm³/mol. The first-order valence-corrected chi connectivity index (χ1v) is 18.8. The van der Waals surface area contributed by atoms with Crippen LogP contribution >= 0.6 is 0 Å². The summed E-state index contributed by atoms with van der Waals surface area (Å²) in [6.45, 7) is 9.51. The molecule has 2 aromatic heterocycles. The zero-order valence-electron chi connectivity index (χ0n) is 30.6. The fourth-order valence-electron chi connectivity index (χ4n) is 9.16. The van der Waals surface area contributed by atoms with Crippen LogP contribution in [0.5, 0.6) is 0 Å². The van der Waals surface area contributed by atoms with Gasteiger partial charge in [0.25, 0.3) is 0 Å². The van der Waals surface area contributed by atoms with Gasteiger partial charge in [0.2, 0.25) is 0 Å². The molecular weight excluding hydrogens is 635 g/mol. The van der Waals surface area contributed by atoms with Crippen LogP contribution in [0.25, 0.3) is 61.4 Å². The molecule has 0 amide bonds. The molecule has 2 atom stereocenters. The van der Waals surface area contributed by atoms with Crippen LogP contribution in [0.1, 0.15) is 71.2 Å². The molecule has 0 saturated heterocycles. The van der Waals surface area contributed by atoms with Crippen LogP contribution in [0.3, 0.4) is 0 Å². The number of hydrogen-bond donors (Lipinski definition) is 0. The van der Waals surface area contributed by atoms with Crippen molar-refractivity contribution in [1.82, 2.24) is 19.5 Å². The molecule has 5 heteroatoms. The molecule has 8 rings (SSSR count). The van der Waals surface area contributed by atoms with Crippen molar-refractivity contribution in [2.24, 2.45) is 17.8 Å². The van der Waals surface area contributed by atoms with Crippen LogP contribution in [-0.2, 0) is 5.41 Å². The normalized spacial score (nSPS) is 20.7. The number of nitriles is 1. The lowest BCUT2D eigenvalue weighted by Gasteiger charge is -2.40. The molecule has 0 unspecified atom stereocenters. The molecule has 7 aromatic rings. The second-order valence-corrected chi connectivity index (χ2v) is 15.3. The second-order valence-electron chi connectivity index (χ2n) is 15.3. The van der Waals surface area contributed by atoms with E-state index in [0.29, 0.717) is 35.0 Å². The third kappa shape index (κ3) is 6.17. The SMILES string of the molecule is CCC1(c2nc(-c3ccccc3)nc(-c3cc(C#N)ccc3-n3c4ccccc4c4cc(-c5ccccc5)ccc43)n2)C[C@H](C)CC(C)C[C@@H](C)C1. The zero-order chi connectivity index (χ0) is 35.8. The average molecular weight is 680 g/mol. The van der Waals surface area contributed by atoms with Gasteiger partial charge < -0.3 is 4.57 Å². The van der Waals surface area contributed by atoms with E-state index in [1.54, 1.807) is 0 Å². The number of aromatic nitrogens is 4. The maximum Gasteiger partial charge on any atom is 0.165 e. The summed E-state index contributed by atoms with van der Waals surface area (Å²) in [4.78, 5) is 16.0. The summed E-state index contributed by atoms with van der Waals surface area (Å²) in [5.41, 5.74) is 7.64. The average Bonchev–Trinajstić information content (AvgIpc) is 3.50. The maximum atomic E-state index is 10.2. The first-order valence-electron chi connectivity index (χ1n) is 18.8. The molecule has 0 N–H and O–H groups in total. The summed E-state index contributed by atoms with van der Waals surface area (Å²) in [7, 11) is 0. The Morgan fingerprint density at radius 1 is 0.635 bits per heavy atom. The highest BCUT2D eigenvalue weighted by atomic mass is 15.1. The van der Waals surface area contributed by atoms with Gasteiger partial charge >= 0.3 is 0 Å². The van der Waals surface area contributed by atoms with Crippen molar-refractivity contribution in [2.75, 3.05) is 0 Å². The van der Waals surface area contributed by atoms with Crippen molar-refractivity contribution in [3.05, 3.63) is 133 Å². The molecule has 1 aliphatic rings. The van der Waals surface area contributed by atoms with Crippen LogP contribution in [0.2, 0.25) is 0 Å². The van der Waals surface area contributed by atoms with Crippen LogP contribution in [0.4, 0.5) is 0 Å². The largest absolute Gasteiger partial charge is 0.308 e. The van der Waals surface area contributed by atoms with Gasteiger partial charge in [-0.2, -0.15) is 5.26 Å². The Morgan fingerprint density at radius 2 is 1.27 bits per heavy atom. The molecule has 0 bridgehead atoms. The minimum atomic E-state index is -0.187. The maximum absolute atomic E-state index is 10.2. The Balaban J connectivity index is 1.38. The van der Waals surface area contributed by atoms with Crippen molar-refractivity contribution in [3.8, 4) is 45.7 Å². The molecule has 0 aliphatic heterocycles. The fourth-order valence-corrected chi connectivity index (χ4v) is 9.16. The Morgan fingerprint density at radius 3 is 1.96 bits per heavy atom. The van der Waals surface area contributed by atoms with E-state index in [1.165, 1.54) is 34.7 Å². The molecule has 2 heterocycles. The Labute approximate surface area is 307 Å². The van der Waals surface area contributed by atoms with Gasteiger partial charge in [0, 0.05) is 27.3 Å². The van der Waals surface area contributed by atoms with Gasteiger partial charge in [-0.15, -0.1) is 0 Å². The zero-order valence-corrected chi connectivity index (χ0v) is 30.6. The molecule has 52 heavy (non-hydrogen) atoms. The van der Waals surface area contributed by atoms with E-state index < -0.39 is 0 Å². The Hall–Kier alpha value is -5.60. The van der Waals surface area contributed by atoms with E-state index in [1.807, 2.05) is 30.3 Å². The number of nitrogens with zero attached hydrogens (tertiary/aromatic N) is 5. The summed E-state index contributed by atoms with van der Waals surface area (Å²) in [6, 6.07) is 44.4.